The number of esters is 1. The van der Waals surface area contributed by atoms with Crippen LogP contribution in [0.5, 0.6) is 0 Å². The van der Waals surface area contributed by atoms with Crippen LogP contribution in [0, 0.1) is 12.3 Å². The third-order valence-electron chi connectivity index (χ3n) is 4.99. The van der Waals surface area contributed by atoms with Gasteiger partial charge < -0.3 is 10.1 Å². The van der Waals surface area contributed by atoms with Crippen molar-refractivity contribution in [3.8, 4) is 0 Å². The number of sulfonamides is 1. The second-order valence-electron chi connectivity index (χ2n) is 8.71. The minimum Gasteiger partial charge on any atom is -0.455 e. The Morgan fingerprint density at radius 3 is 2.42 bits per heavy atom. The van der Waals surface area contributed by atoms with Gasteiger partial charge in [-0.15, -0.1) is 0 Å². The van der Waals surface area contributed by atoms with Gasteiger partial charge in [-0.2, -0.15) is 0 Å². The van der Waals surface area contributed by atoms with Crippen molar-refractivity contribution in [1.29, 1.82) is 0 Å². The first kappa shape index (κ1) is 22.8. The number of aryl methyl sites for hydroxylation is 2. The first-order chi connectivity index (χ1) is 14.5. The topological polar surface area (TPSA) is 92.8 Å². The van der Waals surface area contributed by atoms with Gasteiger partial charge in [0.15, 0.2) is 6.61 Å². The molecule has 3 rings (SSSR count). The van der Waals surface area contributed by atoms with Crippen LogP contribution in [0.4, 0.5) is 11.4 Å². The van der Waals surface area contributed by atoms with E-state index in [0.29, 0.717) is 30.8 Å². The zero-order valence-electron chi connectivity index (χ0n) is 18.3. The Morgan fingerprint density at radius 2 is 1.77 bits per heavy atom. The highest BCUT2D eigenvalue weighted by Gasteiger charge is 2.29. The largest absolute Gasteiger partial charge is 0.455 e. The minimum atomic E-state index is -3.67. The van der Waals surface area contributed by atoms with Crippen LogP contribution in [0.25, 0.3) is 0 Å². The SMILES string of the molecule is Cc1ccc(S(=O)(=O)N2CCCc3cc(NC(=O)COC(=O)C(C)(C)C)ccc32)cc1. The summed E-state index contributed by atoms with van der Waals surface area (Å²) in [6.45, 7) is 7.08. The molecule has 2 aromatic rings. The average molecular weight is 445 g/mol. The molecule has 8 heteroatoms. The first-order valence-electron chi connectivity index (χ1n) is 10.2. The van der Waals surface area contributed by atoms with Gasteiger partial charge in [-0.3, -0.25) is 13.9 Å². The van der Waals surface area contributed by atoms with Crippen LogP contribution in [-0.2, 0) is 30.8 Å². The molecule has 0 aromatic heterocycles. The maximum Gasteiger partial charge on any atom is 0.311 e. The summed E-state index contributed by atoms with van der Waals surface area (Å²) in [6.07, 6.45) is 1.39. The maximum atomic E-state index is 13.2. The lowest BCUT2D eigenvalue weighted by molar-refractivity contribution is -0.155. The normalized spacial score (nSPS) is 14.0. The smallest absolute Gasteiger partial charge is 0.311 e. The molecule has 0 aliphatic carbocycles. The number of hydrogen-bond acceptors (Lipinski definition) is 5. The molecule has 0 spiro atoms. The summed E-state index contributed by atoms with van der Waals surface area (Å²) in [5, 5.41) is 2.71. The fourth-order valence-corrected chi connectivity index (χ4v) is 4.81. The number of nitrogens with zero attached hydrogens (tertiary/aromatic N) is 1. The number of carbonyl (C=O) groups is 2. The molecular formula is C23H28N2O5S. The molecule has 31 heavy (non-hydrogen) atoms. The van der Waals surface area contributed by atoms with Gasteiger partial charge in [-0.1, -0.05) is 17.7 Å². The molecule has 0 fully saturated rings. The molecule has 1 amide bonds. The van der Waals surface area contributed by atoms with Crippen molar-refractivity contribution >= 4 is 33.3 Å². The number of anilines is 2. The number of ether oxygens (including phenoxy) is 1. The van der Waals surface area contributed by atoms with E-state index in [9.17, 15) is 18.0 Å². The molecule has 0 radical (unpaired) electrons. The van der Waals surface area contributed by atoms with Gasteiger partial charge in [0, 0.05) is 12.2 Å². The number of fused-ring (bicyclic) bond motifs is 1. The van der Waals surface area contributed by atoms with Gasteiger partial charge in [0.05, 0.1) is 16.0 Å². The molecular weight excluding hydrogens is 416 g/mol. The predicted octanol–water partition coefficient (Wildman–Crippen LogP) is 3.66. The minimum absolute atomic E-state index is 0.254. The monoisotopic (exact) mass is 444 g/mol. The summed E-state index contributed by atoms with van der Waals surface area (Å²) in [4.78, 5) is 24.2. The average Bonchev–Trinajstić information content (AvgIpc) is 2.71. The molecule has 1 aliphatic heterocycles. The summed E-state index contributed by atoms with van der Waals surface area (Å²) in [5.74, 6) is -0.900. The lowest BCUT2D eigenvalue weighted by Gasteiger charge is -2.31. The molecule has 1 aliphatic rings. The van der Waals surface area contributed by atoms with E-state index in [-0.39, 0.29) is 11.5 Å². The Hall–Kier alpha value is -2.87. The highest BCUT2D eigenvalue weighted by atomic mass is 32.2. The van der Waals surface area contributed by atoms with Gasteiger partial charge in [0.1, 0.15) is 0 Å². The van der Waals surface area contributed by atoms with Crippen molar-refractivity contribution in [2.24, 2.45) is 5.41 Å². The molecule has 0 bridgehead atoms. The molecule has 2 aromatic carbocycles. The van der Waals surface area contributed by atoms with Crippen molar-refractivity contribution in [2.45, 2.75) is 45.4 Å². The van der Waals surface area contributed by atoms with E-state index in [2.05, 4.69) is 5.32 Å². The number of carbonyl (C=O) groups excluding carboxylic acids is 2. The van der Waals surface area contributed by atoms with Crippen LogP contribution in [0.3, 0.4) is 0 Å². The molecule has 0 atom stereocenters. The third-order valence-corrected chi connectivity index (χ3v) is 6.82. The van der Waals surface area contributed by atoms with Crippen LogP contribution < -0.4 is 9.62 Å². The summed E-state index contributed by atoms with van der Waals surface area (Å²) >= 11 is 0. The van der Waals surface area contributed by atoms with Crippen LogP contribution in [-0.4, -0.2) is 33.4 Å². The van der Waals surface area contributed by atoms with Crippen LogP contribution in [0.15, 0.2) is 47.4 Å². The van der Waals surface area contributed by atoms with Gasteiger partial charge in [-0.25, -0.2) is 8.42 Å². The zero-order valence-corrected chi connectivity index (χ0v) is 19.1. The van der Waals surface area contributed by atoms with E-state index in [1.54, 1.807) is 63.2 Å². The fourth-order valence-electron chi connectivity index (χ4n) is 3.27. The van der Waals surface area contributed by atoms with E-state index in [1.165, 1.54) is 4.31 Å². The number of hydrogen-bond donors (Lipinski definition) is 1. The van der Waals surface area contributed by atoms with Crippen LogP contribution in [0.1, 0.15) is 38.3 Å². The summed E-state index contributed by atoms with van der Waals surface area (Å²) in [7, 11) is -3.67. The Morgan fingerprint density at radius 1 is 1.10 bits per heavy atom. The Bertz CT molecular complexity index is 1090. The van der Waals surface area contributed by atoms with E-state index in [1.807, 2.05) is 6.92 Å². The van der Waals surface area contributed by atoms with Crippen molar-refractivity contribution in [1.82, 2.24) is 0 Å². The van der Waals surface area contributed by atoms with Gasteiger partial charge >= 0.3 is 5.97 Å². The quantitative estimate of drug-likeness (QED) is 0.711. The van der Waals surface area contributed by atoms with Gasteiger partial charge in [0.2, 0.25) is 0 Å². The summed E-state index contributed by atoms with van der Waals surface area (Å²) in [6, 6.07) is 11.9. The molecule has 0 unspecified atom stereocenters. The second kappa shape index (κ2) is 8.70. The number of rotatable bonds is 5. The number of amides is 1. The standard InChI is InChI=1S/C23H28N2O5S/c1-16-7-10-19(11-8-16)31(28,29)25-13-5-6-17-14-18(9-12-20(17)25)24-21(26)15-30-22(27)23(2,3)4/h7-12,14H,5-6,13,15H2,1-4H3,(H,24,26). The van der Waals surface area contributed by atoms with Crippen LogP contribution in [0.2, 0.25) is 0 Å². The number of benzene rings is 2. The van der Waals surface area contributed by atoms with Crippen molar-refractivity contribution in [3.63, 3.8) is 0 Å². The van der Waals surface area contributed by atoms with E-state index < -0.39 is 27.3 Å². The molecule has 166 valence electrons. The maximum absolute atomic E-state index is 13.2. The van der Waals surface area contributed by atoms with Crippen molar-refractivity contribution in [3.05, 3.63) is 53.6 Å². The first-order valence-corrected chi connectivity index (χ1v) is 11.6. The van der Waals surface area contributed by atoms with E-state index in [0.717, 1.165) is 11.1 Å². The number of nitrogens with one attached hydrogen (secondary N) is 1. The van der Waals surface area contributed by atoms with Gasteiger partial charge in [-0.05, 0) is 76.4 Å². The Labute approximate surface area is 183 Å². The Balaban J connectivity index is 1.75. The Kier molecular flexibility index (Phi) is 6.40. The zero-order chi connectivity index (χ0) is 22.8. The molecule has 0 saturated carbocycles. The predicted molar refractivity (Wildman–Crippen MR) is 120 cm³/mol. The van der Waals surface area contributed by atoms with Crippen molar-refractivity contribution in [2.75, 3.05) is 22.8 Å². The molecule has 1 heterocycles. The molecule has 7 nitrogen and oxygen atoms in total. The van der Waals surface area contributed by atoms with Crippen LogP contribution >= 0.6 is 0 Å². The lowest BCUT2D eigenvalue weighted by atomic mass is 9.97. The van der Waals surface area contributed by atoms with E-state index in [4.69, 9.17) is 4.74 Å². The summed E-state index contributed by atoms with van der Waals surface area (Å²) in [5.41, 5.74) is 2.30. The summed E-state index contributed by atoms with van der Waals surface area (Å²) < 4.78 is 32.8. The third kappa shape index (κ3) is 5.25. The molecule has 1 N–H and O–H groups in total. The second-order valence-corrected chi connectivity index (χ2v) is 10.6. The highest BCUT2D eigenvalue weighted by molar-refractivity contribution is 7.92. The molecule has 0 saturated heterocycles. The lowest BCUT2D eigenvalue weighted by Crippen LogP contribution is -2.35. The van der Waals surface area contributed by atoms with Crippen molar-refractivity contribution < 1.29 is 22.7 Å². The fraction of sp³-hybridized carbons (Fsp3) is 0.391. The van der Waals surface area contributed by atoms with Gasteiger partial charge in [0.25, 0.3) is 15.9 Å². The van der Waals surface area contributed by atoms with E-state index >= 15 is 0 Å². The highest BCUT2D eigenvalue weighted by Crippen LogP contribution is 2.33.